The lowest BCUT2D eigenvalue weighted by molar-refractivity contribution is 0.648. The molecule has 7 heteroatoms. The molecule has 5 nitrogen and oxygen atoms in total. The predicted octanol–water partition coefficient (Wildman–Crippen LogP) is 3.88. The van der Waals surface area contributed by atoms with Crippen LogP contribution in [0.25, 0.3) is 0 Å². The maximum Gasteiger partial charge on any atom is 0.191 e. The van der Waals surface area contributed by atoms with Gasteiger partial charge in [0.2, 0.25) is 0 Å². The van der Waals surface area contributed by atoms with Crippen LogP contribution in [0.5, 0.6) is 0 Å². The second-order valence-electron chi connectivity index (χ2n) is 6.27. The summed E-state index contributed by atoms with van der Waals surface area (Å²) >= 11 is 3.63. The van der Waals surface area contributed by atoms with E-state index in [4.69, 9.17) is 5.26 Å². The van der Waals surface area contributed by atoms with Crippen LogP contribution in [0.15, 0.2) is 58.0 Å². The summed E-state index contributed by atoms with van der Waals surface area (Å²) in [6.07, 6.45) is 1.06. The number of benzene rings is 2. The van der Waals surface area contributed by atoms with Gasteiger partial charge in [-0.05, 0) is 52.2 Å². The highest BCUT2D eigenvalue weighted by molar-refractivity contribution is 14.0. The Bertz CT molecular complexity index is 833. The minimum Gasteiger partial charge on any atom is -0.368 e. The number of guanidine groups is 1. The van der Waals surface area contributed by atoms with Crippen molar-refractivity contribution in [3.63, 3.8) is 0 Å². The van der Waals surface area contributed by atoms with E-state index < -0.39 is 0 Å². The van der Waals surface area contributed by atoms with Gasteiger partial charge >= 0.3 is 0 Å². The SMILES string of the molecule is CN=C(NCc1cccc(C#N)c1)NC1CCN(c2ccccc2Br)C1.I. The molecular formula is C20H23BrIN5. The molecule has 0 spiro atoms. The number of para-hydroxylation sites is 1. The third-order valence-corrected chi connectivity index (χ3v) is 5.13. The third kappa shape index (κ3) is 5.84. The maximum absolute atomic E-state index is 9.00. The Morgan fingerprint density at radius 3 is 2.85 bits per heavy atom. The Hall–Kier alpha value is -1.79. The second-order valence-corrected chi connectivity index (χ2v) is 7.12. The van der Waals surface area contributed by atoms with Crippen molar-refractivity contribution in [2.45, 2.75) is 19.0 Å². The monoisotopic (exact) mass is 539 g/mol. The first-order valence-corrected chi connectivity index (χ1v) is 9.44. The van der Waals surface area contributed by atoms with E-state index in [-0.39, 0.29) is 24.0 Å². The lowest BCUT2D eigenvalue weighted by Gasteiger charge is -2.21. The van der Waals surface area contributed by atoms with Gasteiger partial charge in [0.05, 0.1) is 17.3 Å². The summed E-state index contributed by atoms with van der Waals surface area (Å²) in [5.41, 5.74) is 2.97. The highest BCUT2D eigenvalue weighted by Gasteiger charge is 2.24. The van der Waals surface area contributed by atoms with Gasteiger partial charge in [-0.3, -0.25) is 4.99 Å². The van der Waals surface area contributed by atoms with Crippen LogP contribution in [-0.4, -0.2) is 32.1 Å². The summed E-state index contributed by atoms with van der Waals surface area (Å²) in [5.74, 6) is 0.784. The lowest BCUT2D eigenvalue weighted by Crippen LogP contribution is -2.44. The molecule has 1 heterocycles. The lowest BCUT2D eigenvalue weighted by atomic mass is 10.1. The van der Waals surface area contributed by atoms with Gasteiger partial charge in [0.1, 0.15) is 0 Å². The van der Waals surface area contributed by atoms with Crippen LogP contribution >= 0.6 is 39.9 Å². The Kier molecular flexibility index (Phi) is 8.38. The number of rotatable bonds is 4. The number of hydrogen-bond donors (Lipinski definition) is 2. The fourth-order valence-electron chi connectivity index (χ4n) is 3.13. The van der Waals surface area contributed by atoms with Gasteiger partial charge in [-0.1, -0.05) is 24.3 Å². The highest BCUT2D eigenvalue weighted by atomic mass is 127. The fourth-order valence-corrected chi connectivity index (χ4v) is 3.67. The summed E-state index contributed by atoms with van der Waals surface area (Å²) in [5, 5.41) is 15.8. The molecule has 0 radical (unpaired) electrons. The molecule has 1 aliphatic rings. The van der Waals surface area contributed by atoms with Gasteiger partial charge in [-0.2, -0.15) is 5.26 Å². The predicted molar refractivity (Wildman–Crippen MR) is 125 cm³/mol. The Labute approximate surface area is 186 Å². The number of nitriles is 1. The normalized spacial score (nSPS) is 16.4. The van der Waals surface area contributed by atoms with Crippen LogP contribution < -0.4 is 15.5 Å². The van der Waals surface area contributed by atoms with Crippen LogP contribution in [0.2, 0.25) is 0 Å². The molecule has 1 fully saturated rings. The Morgan fingerprint density at radius 2 is 2.11 bits per heavy atom. The molecule has 1 saturated heterocycles. The van der Waals surface area contributed by atoms with Crippen LogP contribution in [0.3, 0.4) is 0 Å². The first-order valence-electron chi connectivity index (χ1n) is 8.65. The molecule has 27 heavy (non-hydrogen) atoms. The molecule has 3 rings (SSSR count). The molecule has 0 aromatic heterocycles. The van der Waals surface area contributed by atoms with E-state index in [2.05, 4.69) is 60.7 Å². The topological polar surface area (TPSA) is 63.5 Å². The number of nitrogens with zero attached hydrogens (tertiary/aromatic N) is 3. The molecule has 2 N–H and O–H groups in total. The van der Waals surface area contributed by atoms with Crippen LogP contribution in [0.1, 0.15) is 17.5 Å². The van der Waals surface area contributed by atoms with E-state index in [9.17, 15) is 0 Å². The molecular weight excluding hydrogens is 517 g/mol. The zero-order valence-corrected chi connectivity index (χ0v) is 19.1. The van der Waals surface area contributed by atoms with Crippen molar-refractivity contribution in [2.24, 2.45) is 4.99 Å². The standard InChI is InChI=1S/C20H22BrN5.HI/c1-23-20(24-13-16-6-4-5-15(11-16)12-22)25-17-9-10-26(14-17)19-8-3-2-7-18(19)21;/h2-8,11,17H,9-10,13-14H2,1H3,(H2,23,24,25);1H. The van der Waals surface area contributed by atoms with E-state index >= 15 is 0 Å². The third-order valence-electron chi connectivity index (χ3n) is 4.46. The first kappa shape index (κ1) is 21.5. The minimum atomic E-state index is 0. The highest BCUT2D eigenvalue weighted by Crippen LogP contribution is 2.28. The molecule has 2 aromatic carbocycles. The van der Waals surface area contributed by atoms with Gasteiger partial charge in [0, 0.05) is 37.2 Å². The molecule has 0 aliphatic carbocycles. The van der Waals surface area contributed by atoms with Crippen LogP contribution in [0, 0.1) is 11.3 Å². The van der Waals surface area contributed by atoms with E-state index in [1.54, 1.807) is 7.05 Å². The van der Waals surface area contributed by atoms with Crippen molar-refractivity contribution in [1.82, 2.24) is 10.6 Å². The number of anilines is 1. The number of nitrogens with one attached hydrogen (secondary N) is 2. The van der Waals surface area contributed by atoms with Crippen LogP contribution in [0.4, 0.5) is 5.69 Å². The van der Waals surface area contributed by atoms with Crippen molar-refractivity contribution < 1.29 is 0 Å². The molecule has 1 unspecified atom stereocenters. The molecule has 142 valence electrons. The Morgan fingerprint density at radius 1 is 1.30 bits per heavy atom. The molecule has 0 bridgehead atoms. The summed E-state index contributed by atoms with van der Waals surface area (Å²) in [4.78, 5) is 6.71. The minimum absolute atomic E-state index is 0. The number of hydrogen-bond acceptors (Lipinski definition) is 3. The first-order chi connectivity index (χ1) is 12.7. The summed E-state index contributed by atoms with van der Waals surface area (Å²) in [7, 11) is 1.78. The smallest absolute Gasteiger partial charge is 0.191 e. The Balaban J connectivity index is 0.00000261. The maximum atomic E-state index is 9.00. The van der Waals surface area contributed by atoms with Gasteiger partial charge in [-0.25, -0.2) is 0 Å². The van der Waals surface area contributed by atoms with Crippen LogP contribution in [-0.2, 0) is 6.54 Å². The zero-order valence-electron chi connectivity index (χ0n) is 15.2. The summed E-state index contributed by atoms with van der Waals surface area (Å²) in [6, 6.07) is 18.4. The zero-order chi connectivity index (χ0) is 18.4. The van der Waals surface area contributed by atoms with E-state index in [0.29, 0.717) is 18.2 Å². The van der Waals surface area contributed by atoms with Crippen molar-refractivity contribution >= 4 is 51.6 Å². The fraction of sp³-hybridized carbons (Fsp3) is 0.300. The summed E-state index contributed by atoms with van der Waals surface area (Å²) in [6.45, 7) is 2.59. The van der Waals surface area contributed by atoms with Gasteiger partial charge < -0.3 is 15.5 Å². The van der Waals surface area contributed by atoms with Crippen molar-refractivity contribution in [3.8, 4) is 6.07 Å². The van der Waals surface area contributed by atoms with Gasteiger partial charge in [0.15, 0.2) is 5.96 Å². The average molecular weight is 540 g/mol. The van der Waals surface area contributed by atoms with Crippen molar-refractivity contribution in [1.29, 1.82) is 5.26 Å². The quantitative estimate of drug-likeness (QED) is 0.351. The molecule has 0 saturated carbocycles. The molecule has 2 aromatic rings. The molecule has 0 amide bonds. The summed E-state index contributed by atoms with van der Waals surface area (Å²) < 4.78 is 1.13. The second kappa shape index (κ2) is 10.5. The van der Waals surface area contributed by atoms with Crippen molar-refractivity contribution in [3.05, 3.63) is 64.1 Å². The van der Waals surface area contributed by atoms with E-state index in [0.717, 1.165) is 35.5 Å². The molecule has 1 atom stereocenters. The van der Waals surface area contributed by atoms with Gasteiger partial charge in [-0.15, -0.1) is 24.0 Å². The van der Waals surface area contributed by atoms with E-state index in [1.165, 1.54) is 5.69 Å². The average Bonchev–Trinajstić information content (AvgIpc) is 3.14. The van der Waals surface area contributed by atoms with Crippen molar-refractivity contribution in [2.75, 3.05) is 25.0 Å². The number of halogens is 2. The number of aliphatic imine (C=N–C) groups is 1. The largest absolute Gasteiger partial charge is 0.368 e. The van der Waals surface area contributed by atoms with E-state index in [1.807, 2.05) is 30.3 Å². The van der Waals surface area contributed by atoms with Gasteiger partial charge in [0.25, 0.3) is 0 Å². The molecule has 1 aliphatic heterocycles.